The molecule has 1 N–H and O–H groups in total. The number of amides is 1. The average Bonchev–Trinajstić information content (AvgIpc) is 2.91. The van der Waals surface area contributed by atoms with Gasteiger partial charge in [0.25, 0.3) is 5.56 Å². The first kappa shape index (κ1) is 23.9. The minimum Gasteiger partial charge on any atom is -0.495 e. The summed E-state index contributed by atoms with van der Waals surface area (Å²) in [4.78, 5) is 35.7. The molecule has 1 saturated heterocycles. The number of carbonyl (C=O) groups is 1. The highest BCUT2D eigenvalue weighted by Crippen LogP contribution is 2.29. The molecule has 5 heterocycles. The third-order valence-electron chi connectivity index (χ3n) is 6.44. The van der Waals surface area contributed by atoms with Crippen LogP contribution in [0.2, 0.25) is 0 Å². The van der Waals surface area contributed by atoms with Crippen molar-refractivity contribution in [3.8, 4) is 17.2 Å². The number of pyridine rings is 3. The Hall–Kier alpha value is -3.86. The summed E-state index contributed by atoms with van der Waals surface area (Å²) in [6.45, 7) is 3.95. The van der Waals surface area contributed by atoms with Gasteiger partial charge in [0.1, 0.15) is 25.6 Å². The maximum atomic E-state index is 12.5. The topological polar surface area (TPSA) is 117 Å². The van der Waals surface area contributed by atoms with E-state index in [1.165, 1.54) is 0 Å². The number of ether oxygens (including phenoxy) is 4. The first-order valence-electron chi connectivity index (χ1n) is 12.0. The Morgan fingerprint density at radius 2 is 1.89 bits per heavy atom. The van der Waals surface area contributed by atoms with Crippen LogP contribution < -0.4 is 25.1 Å². The third kappa shape index (κ3) is 5.51. The first-order valence-corrected chi connectivity index (χ1v) is 12.0. The number of fused-ring (bicyclic) bond motifs is 2. The third-order valence-corrected chi connectivity index (χ3v) is 6.44. The summed E-state index contributed by atoms with van der Waals surface area (Å²) in [6, 6.07) is 6.88. The van der Waals surface area contributed by atoms with E-state index in [1.807, 2.05) is 6.07 Å². The molecular formula is C25H29N5O6. The van der Waals surface area contributed by atoms with Gasteiger partial charge in [-0.2, -0.15) is 0 Å². The molecule has 0 aliphatic carbocycles. The molecule has 190 valence electrons. The van der Waals surface area contributed by atoms with Crippen molar-refractivity contribution < 1.29 is 23.7 Å². The van der Waals surface area contributed by atoms with Gasteiger partial charge in [-0.3, -0.25) is 14.8 Å². The van der Waals surface area contributed by atoms with Crippen LogP contribution in [0, 0.1) is 0 Å². The summed E-state index contributed by atoms with van der Waals surface area (Å²) in [5, 5.41) is 2.94. The van der Waals surface area contributed by atoms with Gasteiger partial charge in [0.15, 0.2) is 11.5 Å². The molecular weight excluding hydrogens is 466 g/mol. The van der Waals surface area contributed by atoms with Crippen LogP contribution in [-0.4, -0.2) is 71.5 Å². The zero-order chi connectivity index (χ0) is 24.9. The maximum Gasteiger partial charge on any atom is 0.407 e. The fourth-order valence-electron chi connectivity index (χ4n) is 4.45. The summed E-state index contributed by atoms with van der Waals surface area (Å²) in [7, 11) is 1.58. The molecule has 1 amide bonds. The Morgan fingerprint density at radius 3 is 2.69 bits per heavy atom. The quantitative estimate of drug-likeness (QED) is 0.525. The minimum atomic E-state index is -0.464. The molecule has 11 heteroatoms. The predicted octanol–water partition coefficient (Wildman–Crippen LogP) is 1.96. The van der Waals surface area contributed by atoms with Crippen molar-refractivity contribution in [2.75, 3.05) is 40.0 Å². The summed E-state index contributed by atoms with van der Waals surface area (Å²) in [5.74, 6) is 1.83. The molecule has 0 spiro atoms. The van der Waals surface area contributed by atoms with E-state index >= 15 is 0 Å². The molecule has 0 bridgehead atoms. The van der Waals surface area contributed by atoms with Gasteiger partial charge in [0.2, 0.25) is 0 Å². The number of likely N-dealkylation sites (tertiary alicyclic amines) is 1. The van der Waals surface area contributed by atoms with E-state index < -0.39 is 6.09 Å². The van der Waals surface area contributed by atoms with Crippen LogP contribution in [0.15, 0.2) is 41.5 Å². The lowest BCUT2D eigenvalue weighted by atomic mass is 10.1. The molecule has 2 aliphatic heterocycles. The molecule has 3 aromatic rings. The van der Waals surface area contributed by atoms with Gasteiger partial charge in [-0.05, 0) is 18.9 Å². The first-order chi connectivity index (χ1) is 17.6. The number of piperidine rings is 1. The van der Waals surface area contributed by atoms with Crippen molar-refractivity contribution in [3.63, 3.8) is 0 Å². The second kappa shape index (κ2) is 10.8. The number of hydrogen-bond acceptors (Lipinski definition) is 9. The van der Waals surface area contributed by atoms with Crippen molar-refractivity contribution in [1.82, 2.24) is 24.8 Å². The average molecular weight is 496 g/mol. The second-order valence-corrected chi connectivity index (χ2v) is 8.76. The molecule has 3 aromatic heterocycles. The van der Waals surface area contributed by atoms with E-state index in [0.29, 0.717) is 42.7 Å². The lowest BCUT2D eigenvalue weighted by Crippen LogP contribution is -2.45. The Balaban J connectivity index is 1.08. The Bertz CT molecular complexity index is 1290. The van der Waals surface area contributed by atoms with E-state index in [2.05, 4.69) is 20.2 Å². The number of rotatable bonds is 7. The van der Waals surface area contributed by atoms with Gasteiger partial charge >= 0.3 is 6.09 Å². The fraction of sp³-hybridized carbons (Fsp3) is 0.440. The lowest BCUT2D eigenvalue weighted by molar-refractivity contribution is 0.124. The molecule has 0 unspecified atom stereocenters. The van der Waals surface area contributed by atoms with Crippen LogP contribution >= 0.6 is 0 Å². The summed E-state index contributed by atoms with van der Waals surface area (Å²) in [6.07, 6.45) is 4.37. The van der Waals surface area contributed by atoms with Crippen molar-refractivity contribution in [2.45, 2.75) is 32.0 Å². The van der Waals surface area contributed by atoms with Gasteiger partial charge in [0.05, 0.1) is 36.2 Å². The molecule has 5 rings (SSSR count). The van der Waals surface area contributed by atoms with E-state index in [1.54, 1.807) is 42.3 Å². The fourth-order valence-corrected chi connectivity index (χ4v) is 4.45. The van der Waals surface area contributed by atoms with Crippen molar-refractivity contribution in [2.24, 2.45) is 0 Å². The highest BCUT2D eigenvalue weighted by atomic mass is 16.6. The van der Waals surface area contributed by atoms with Gasteiger partial charge in [-0.25, -0.2) is 4.79 Å². The zero-order valence-corrected chi connectivity index (χ0v) is 20.1. The van der Waals surface area contributed by atoms with Crippen molar-refractivity contribution in [3.05, 3.63) is 52.7 Å². The van der Waals surface area contributed by atoms with Crippen LogP contribution in [-0.2, 0) is 17.9 Å². The summed E-state index contributed by atoms with van der Waals surface area (Å²) >= 11 is 0. The van der Waals surface area contributed by atoms with Crippen LogP contribution in [0.5, 0.6) is 17.2 Å². The normalized spacial score (nSPS) is 16.0. The molecule has 36 heavy (non-hydrogen) atoms. The van der Waals surface area contributed by atoms with Crippen LogP contribution in [0.25, 0.3) is 11.0 Å². The van der Waals surface area contributed by atoms with Crippen LogP contribution in [0.4, 0.5) is 4.79 Å². The smallest absolute Gasteiger partial charge is 0.407 e. The molecule has 0 radical (unpaired) electrons. The number of aromatic nitrogens is 3. The maximum absolute atomic E-state index is 12.5. The zero-order valence-electron chi connectivity index (χ0n) is 20.1. The monoisotopic (exact) mass is 495 g/mol. The molecule has 0 saturated carbocycles. The molecule has 11 nitrogen and oxygen atoms in total. The van der Waals surface area contributed by atoms with Crippen LogP contribution in [0.1, 0.15) is 18.5 Å². The summed E-state index contributed by atoms with van der Waals surface area (Å²) in [5.41, 5.74) is 2.04. The molecule has 0 atom stereocenters. The van der Waals surface area contributed by atoms with Gasteiger partial charge in [-0.1, -0.05) is 0 Å². The number of nitrogens with zero attached hydrogens (tertiary/aromatic N) is 4. The number of hydrogen-bond donors (Lipinski definition) is 1. The van der Waals surface area contributed by atoms with E-state index in [4.69, 9.17) is 18.9 Å². The van der Waals surface area contributed by atoms with Crippen LogP contribution in [0.3, 0.4) is 0 Å². The Kier molecular flexibility index (Phi) is 7.17. The van der Waals surface area contributed by atoms with Gasteiger partial charge < -0.3 is 33.7 Å². The Labute approximate surface area is 207 Å². The number of carbonyl (C=O) groups excluding carboxylic acids is 1. The van der Waals surface area contributed by atoms with E-state index in [-0.39, 0.29) is 18.2 Å². The Morgan fingerprint density at radius 1 is 1.08 bits per heavy atom. The standard InChI is InChI=1S/C25H29N5O6/c1-33-19-13-21-20(27-14-19)2-3-24(31)30(21)9-8-29-6-4-17(5-7-29)28-25(32)36-16-18-12-22-23(15-26-18)35-11-10-34-22/h2-3,12-15,17H,4-11,16H2,1H3,(H,28,32). The molecule has 1 fully saturated rings. The SMILES string of the molecule is COc1cnc2ccc(=O)n(CCN3CCC(NC(=O)OCc4cc5c(cn4)OCCO5)CC3)c2c1. The second-order valence-electron chi connectivity index (χ2n) is 8.76. The minimum absolute atomic E-state index is 0.0377. The van der Waals surface area contributed by atoms with E-state index in [0.717, 1.165) is 43.5 Å². The van der Waals surface area contributed by atoms with Crippen molar-refractivity contribution >= 4 is 17.1 Å². The largest absolute Gasteiger partial charge is 0.495 e. The molecule has 0 aromatic carbocycles. The lowest BCUT2D eigenvalue weighted by Gasteiger charge is -2.32. The highest BCUT2D eigenvalue weighted by molar-refractivity contribution is 5.75. The van der Waals surface area contributed by atoms with Gasteiger partial charge in [0, 0.05) is 50.4 Å². The number of nitrogens with one attached hydrogen (secondary N) is 1. The predicted molar refractivity (Wildman–Crippen MR) is 131 cm³/mol. The summed E-state index contributed by atoms with van der Waals surface area (Å²) < 4.78 is 23.3. The molecule has 2 aliphatic rings. The number of methoxy groups -OCH3 is 1. The van der Waals surface area contributed by atoms with Crippen molar-refractivity contribution in [1.29, 1.82) is 0 Å². The number of alkyl carbamates (subject to hydrolysis) is 1. The van der Waals surface area contributed by atoms with E-state index in [9.17, 15) is 9.59 Å². The van der Waals surface area contributed by atoms with Gasteiger partial charge in [-0.15, -0.1) is 0 Å². The highest BCUT2D eigenvalue weighted by Gasteiger charge is 2.22.